The van der Waals surface area contributed by atoms with Crippen molar-refractivity contribution in [1.82, 2.24) is 5.32 Å². The summed E-state index contributed by atoms with van der Waals surface area (Å²) in [6, 6.07) is 10.5. The number of methoxy groups -OCH3 is 1. The molecule has 1 unspecified atom stereocenters. The van der Waals surface area contributed by atoms with Crippen molar-refractivity contribution in [3.63, 3.8) is 0 Å². The molecule has 0 spiro atoms. The van der Waals surface area contributed by atoms with Gasteiger partial charge in [-0.2, -0.15) is 0 Å². The molecule has 0 aliphatic carbocycles. The van der Waals surface area contributed by atoms with Gasteiger partial charge in [0.25, 0.3) is 0 Å². The Kier molecular flexibility index (Phi) is 4.78. The van der Waals surface area contributed by atoms with Gasteiger partial charge in [-0.3, -0.25) is 0 Å². The van der Waals surface area contributed by atoms with Gasteiger partial charge in [-0.15, -0.1) is 0 Å². The number of ether oxygens (including phenoxy) is 1. The molecule has 0 aliphatic heterocycles. The van der Waals surface area contributed by atoms with E-state index in [4.69, 9.17) is 4.74 Å². The normalized spacial score (nSPS) is 12.2. The van der Waals surface area contributed by atoms with Crippen LogP contribution in [0, 0.1) is 12.7 Å². The second kappa shape index (κ2) is 6.37. The SMILES string of the molecule is CNC(c1cc(F)ccc1OC)c1cccc(Br)c1C. The summed E-state index contributed by atoms with van der Waals surface area (Å²) in [7, 11) is 3.45. The van der Waals surface area contributed by atoms with Gasteiger partial charge in [-0.25, -0.2) is 4.39 Å². The first-order valence-corrected chi connectivity index (χ1v) is 7.13. The Morgan fingerprint density at radius 1 is 1.20 bits per heavy atom. The molecule has 2 aromatic carbocycles. The van der Waals surface area contributed by atoms with Gasteiger partial charge in [0.05, 0.1) is 13.2 Å². The molecule has 0 aromatic heterocycles. The Bertz CT molecular complexity index is 615. The van der Waals surface area contributed by atoms with Crippen molar-refractivity contribution in [3.8, 4) is 5.75 Å². The Labute approximate surface area is 127 Å². The second-order valence-corrected chi connectivity index (χ2v) is 5.42. The van der Waals surface area contributed by atoms with Gasteiger partial charge >= 0.3 is 0 Å². The van der Waals surface area contributed by atoms with Gasteiger partial charge in [-0.05, 0) is 49.4 Å². The Balaban J connectivity index is 2.58. The maximum Gasteiger partial charge on any atom is 0.124 e. The highest BCUT2D eigenvalue weighted by atomic mass is 79.9. The quantitative estimate of drug-likeness (QED) is 0.902. The third-order valence-electron chi connectivity index (χ3n) is 3.41. The fraction of sp³-hybridized carbons (Fsp3) is 0.250. The van der Waals surface area contributed by atoms with Crippen LogP contribution >= 0.6 is 15.9 Å². The van der Waals surface area contributed by atoms with Gasteiger partial charge in [0, 0.05) is 10.0 Å². The van der Waals surface area contributed by atoms with E-state index in [2.05, 4.69) is 21.2 Å². The molecular formula is C16H17BrFNO. The minimum Gasteiger partial charge on any atom is -0.496 e. The number of hydrogen-bond donors (Lipinski definition) is 1. The highest BCUT2D eigenvalue weighted by Gasteiger charge is 2.19. The highest BCUT2D eigenvalue weighted by Crippen LogP contribution is 2.33. The minimum absolute atomic E-state index is 0.127. The maximum absolute atomic E-state index is 13.6. The van der Waals surface area contributed by atoms with Crippen LogP contribution in [0.5, 0.6) is 5.75 Å². The zero-order chi connectivity index (χ0) is 14.7. The van der Waals surface area contributed by atoms with Crippen LogP contribution in [0.4, 0.5) is 4.39 Å². The van der Waals surface area contributed by atoms with Crippen LogP contribution in [-0.2, 0) is 0 Å². The molecule has 2 rings (SSSR count). The van der Waals surface area contributed by atoms with Crippen molar-refractivity contribution in [2.45, 2.75) is 13.0 Å². The van der Waals surface area contributed by atoms with Crippen LogP contribution in [0.1, 0.15) is 22.7 Å². The molecular weight excluding hydrogens is 321 g/mol. The molecule has 0 radical (unpaired) electrons. The average molecular weight is 338 g/mol. The first-order valence-electron chi connectivity index (χ1n) is 6.34. The number of benzene rings is 2. The van der Waals surface area contributed by atoms with E-state index in [1.165, 1.54) is 12.1 Å². The van der Waals surface area contributed by atoms with E-state index in [0.717, 1.165) is 21.2 Å². The third kappa shape index (κ3) is 2.86. The summed E-state index contributed by atoms with van der Waals surface area (Å²) in [5.41, 5.74) is 3.00. The average Bonchev–Trinajstić information content (AvgIpc) is 2.44. The van der Waals surface area contributed by atoms with Crippen LogP contribution in [0.15, 0.2) is 40.9 Å². The minimum atomic E-state index is -0.270. The van der Waals surface area contributed by atoms with Crippen LogP contribution in [0.25, 0.3) is 0 Å². The first kappa shape index (κ1) is 15.0. The van der Waals surface area contributed by atoms with Crippen LogP contribution < -0.4 is 10.1 Å². The second-order valence-electron chi connectivity index (χ2n) is 4.56. The largest absolute Gasteiger partial charge is 0.496 e. The lowest BCUT2D eigenvalue weighted by molar-refractivity contribution is 0.403. The molecule has 20 heavy (non-hydrogen) atoms. The zero-order valence-corrected chi connectivity index (χ0v) is 13.3. The molecule has 1 atom stereocenters. The van der Waals surface area contributed by atoms with E-state index in [9.17, 15) is 4.39 Å². The van der Waals surface area contributed by atoms with Crippen LogP contribution in [-0.4, -0.2) is 14.2 Å². The fourth-order valence-corrected chi connectivity index (χ4v) is 2.73. The lowest BCUT2D eigenvalue weighted by atomic mass is 9.94. The molecule has 0 bridgehead atoms. The van der Waals surface area contributed by atoms with E-state index in [0.29, 0.717) is 5.75 Å². The monoisotopic (exact) mass is 337 g/mol. The smallest absolute Gasteiger partial charge is 0.124 e. The molecule has 0 aliphatic rings. The van der Waals surface area contributed by atoms with Crippen LogP contribution in [0.2, 0.25) is 0 Å². The first-order chi connectivity index (χ1) is 9.58. The summed E-state index contributed by atoms with van der Waals surface area (Å²) in [5.74, 6) is 0.402. The van der Waals surface area contributed by atoms with Crippen molar-refractivity contribution < 1.29 is 9.13 Å². The van der Waals surface area contributed by atoms with Gasteiger partial charge in [0.15, 0.2) is 0 Å². The molecule has 0 saturated carbocycles. The van der Waals surface area contributed by atoms with Gasteiger partial charge in [0.2, 0.25) is 0 Å². The molecule has 2 aromatic rings. The standard InChI is InChI=1S/C16H17BrFNO/c1-10-12(5-4-6-14(10)17)16(19-2)13-9-11(18)7-8-15(13)20-3/h4-9,16,19H,1-3H3. The van der Waals surface area contributed by atoms with Gasteiger partial charge in [-0.1, -0.05) is 28.1 Å². The summed E-state index contributed by atoms with van der Waals surface area (Å²) in [4.78, 5) is 0. The lowest BCUT2D eigenvalue weighted by Crippen LogP contribution is -2.19. The molecule has 2 nitrogen and oxygen atoms in total. The van der Waals surface area contributed by atoms with Crippen molar-refractivity contribution >= 4 is 15.9 Å². The summed E-state index contributed by atoms with van der Waals surface area (Å²) in [6.07, 6.45) is 0. The highest BCUT2D eigenvalue weighted by molar-refractivity contribution is 9.10. The van der Waals surface area contributed by atoms with E-state index < -0.39 is 0 Å². The molecule has 0 amide bonds. The van der Waals surface area contributed by atoms with Crippen molar-refractivity contribution in [1.29, 1.82) is 0 Å². The topological polar surface area (TPSA) is 21.3 Å². The van der Waals surface area contributed by atoms with E-state index in [1.54, 1.807) is 13.2 Å². The lowest BCUT2D eigenvalue weighted by Gasteiger charge is -2.22. The van der Waals surface area contributed by atoms with E-state index >= 15 is 0 Å². The Hall–Kier alpha value is -1.39. The molecule has 1 N–H and O–H groups in total. The summed E-state index contributed by atoms with van der Waals surface area (Å²) in [6.45, 7) is 2.04. The van der Waals surface area contributed by atoms with Crippen molar-refractivity contribution in [2.24, 2.45) is 0 Å². The predicted molar refractivity (Wildman–Crippen MR) is 82.7 cm³/mol. The zero-order valence-electron chi connectivity index (χ0n) is 11.7. The molecule has 0 heterocycles. The molecule has 0 fully saturated rings. The van der Waals surface area contributed by atoms with Crippen LogP contribution in [0.3, 0.4) is 0 Å². The summed E-state index contributed by atoms with van der Waals surface area (Å²) >= 11 is 3.53. The molecule has 0 saturated heterocycles. The Morgan fingerprint density at radius 3 is 2.60 bits per heavy atom. The summed E-state index contributed by atoms with van der Waals surface area (Å²) in [5, 5.41) is 3.24. The Morgan fingerprint density at radius 2 is 1.95 bits per heavy atom. The van der Waals surface area contributed by atoms with E-state index in [-0.39, 0.29) is 11.9 Å². The number of halogens is 2. The molecule has 4 heteroatoms. The van der Waals surface area contributed by atoms with E-state index in [1.807, 2.05) is 32.2 Å². The van der Waals surface area contributed by atoms with Crippen molar-refractivity contribution in [2.75, 3.05) is 14.2 Å². The number of hydrogen-bond acceptors (Lipinski definition) is 2. The van der Waals surface area contributed by atoms with Gasteiger partial charge in [0.1, 0.15) is 11.6 Å². The molecule has 106 valence electrons. The number of rotatable bonds is 4. The van der Waals surface area contributed by atoms with Crippen molar-refractivity contribution in [3.05, 3.63) is 63.4 Å². The number of nitrogens with one attached hydrogen (secondary N) is 1. The summed E-state index contributed by atoms with van der Waals surface area (Å²) < 4.78 is 20.0. The third-order valence-corrected chi connectivity index (χ3v) is 4.27. The predicted octanol–water partition coefficient (Wildman–Crippen LogP) is 4.21. The van der Waals surface area contributed by atoms with Gasteiger partial charge < -0.3 is 10.1 Å². The fourth-order valence-electron chi connectivity index (χ4n) is 2.35. The maximum atomic E-state index is 13.6.